The van der Waals surface area contributed by atoms with Crippen LogP contribution < -0.4 is 14.2 Å². The Balaban J connectivity index is 1.89. The van der Waals surface area contributed by atoms with Crippen molar-refractivity contribution in [3.8, 4) is 17.2 Å². The fourth-order valence-corrected chi connectivity index (χ4v) is 3.64. The summed E-state index contributed by atoms with van der Waals surface area (Å²) in [5.41, 5.74) is 0.959. The van der Waals surface area contributed by atoms with Gasteiger partial charge >= 0.3 is 0 Å². The molecule has 2 aromatic rings. The fourth-order valence-electron chi connectivity index (χ4n) is 3.64. The van der Waals surface area contributed by atoms with Crippen molar-refractivity contribution in [2.75, 3.05) is 7.11 Å². The van der Waals surface area contributed by atoms with Crippen molar-refractivity contribution >= 4 is 0 Å². The second-order valence-electron chi connectivity index (χ2n) is 8.37. The Morgan fingerprint density at radius 1 is 0.970 bits per heavy atom. The van der Waals surface area contributed by atoms with Gasteiger partial charge in [0.15, 0.2) is 0 Å². The molecule has 6 atom stereocenters. The maximum Gasteiger partial charge on any atom is 0.229 e. The highest BCUT2D eigenvalue weighted by atomic mass is 19.1. The van der Waals surface area contributed by atoms with E-state index in [9.17, 15) is 20.4 Å². The zero-order valence-electron chi connectivity index (χ0n) is 19.0. The summed E-state index contributed by atoms with van der Waals surface area (Å²) in [7, 11) is 1.38. The Bertz CT molecular complexity index is 917. The van der Waals surface area contributed by atoms with Crippen LogP contribution in [0, 0.1) is 5.82 Å². The van der Waals surface area contributed by atoms with Gasteiger partial charge < -0.3 is 39.4 Å². The molecule has 0 aromatic heterocycles. The molecule has 1 heterocycles. The summed E-state index contributed by atoms with van der Waals surface area (Å²) in [4.78, 5) is 0. The lowest BCUT2D eigenvalue weighted by atomic mass is 9.96. The van der Waals surface area contributed by atoms with Crippen molar-refractivity contribution in [3.05, 3.63) is 53.3 Å². The highest BCUT2D eigenvalue weighted by molar-refractivity contribution is 5.45. The van der Waals surface area contributed by atoms with Crippen molar-refractivity contribution in [3.63, 3.8) is 0 Å². The van der Waals surface area contributed by atoms with E-state index in [0.29, 0.717) is 5.75 Å². The normalized spacial score (nSPS) is 26.2. The number of ether oxygens (including phenoxy) is 4. The number of halogens is 1. The molecule has 0 amide bonds. The molecule has 1 fully saturated rings. The Kier molecular flexibility index (Phi) is 8.14. The minimum absolute atomic E-state index is 0.0242. The molecule has 3 rings (SSSR count). The highest BCUT2D eigenvalue weighted by Gasteiger charge is 2.46. The molecular formula is C24H31FO8. The summed E-state index contributed by atoms with van der Waals surface area (Å²) in [6, 6.07) is 9.85. The van der Waals surface area contributed by atoms with Gasteiger partial charge in [0.05, 0.1) is 19.3 Å². The monoisotopic (exact) mass is 466 g/mol. The number of hydrogen-bond acceptors (Lipinski definition) is 8. The predicted octanol–water partition coefficient (Wildman–Crippen LogP) is 1.78. The number of benzene rings is 2. The van der Waals surface area contributed by atoms with Gasteiger partial charge in [-0.25, -0.2) is 4.39 Å². The summed E-state index contributed by atoms with van der Waals surface area (Å²) in [5, 5.41) is 40.5. The van der Waals surface area contributed by atoms with Gasteiger partial charge in [-0.05, 0) is 38.5 Å². The predicted molar refractivity (Wildman–Crippen MR) is 117 cm³/mol. The minimum Gasteiger partial charge on any atom is -0.497 e. The third-order valence-electron chi connectivity index (χ3n) is 5.36. The van der Waals surface area contributed by atoms with Crippen LogP contribution in [0.4, 0.5) is 4.39 Å². The molecule has 1 saturated heterocycles. The van der Waals surface area contributed by atoms with Crippen molar-refractivity contribution < 1.29 is 43.8 Å². The van der Waals surface area contributed by atoms with E-state index in [2.05, 4.69) is 0 Å². The third kappa shape index (κ3) is 5.93. The van der Waals surface area contributed by atoms with Crippen LogP contribution in [0.3, 0.4) is 0 Å². The molecule has 9 heteroatoms. The van der Waals surface area contributed by atoms with E-state index in [1.54, 1.807) is 24.3 Å². The van der Waals surface area contributed by atoms with Crippen LogP contribution >= 0.6 is 0 Å². The third-order valence-corrected chi connectivity index (χ3v) is 5.36. The first-order valence-corrected chi connectivity index (χ1v) is 10.8. The standard InChI is InChI=1S/C24H31FO8/c1-12(2)31-15-7-5-14(6-8-15)9-17-18(25)10-16(30-4)11-19(17)32-24-22(29)20(27)21(28)23(33-24)13(3)26/h5-8,10-13,20-24,26-29H,9H2,1-4H3/t13-,20+,21+,22-,23?,24-/m1/s1. The smallest absolute Gasteiger partial charge is 0.229 e. The van der Waals surface area contributed by atoms with Gasteiger partial charge in [0.2, 0.25) is 6.29 Å². The Hall–Kier alpha value is -2.43. The summed E-state index contributed by atoms with van der Waals surface area (Å²) in [6.45, 7) is 5.22. The van der Waals surface area contributed by atoms with E-state index in [-0.39, 0.29) is 29.6 Å². The number of methoxy groups -OCH3 is 1. The van der Waals surface area contributed by atoms with Gasteiger partial charge in [0.25, 0.3) is 0 Å². The van der Waals surface area contributed by atoms with Crippen LogP contribution in [0.15, 0.2) is 36.4 Å². The number of aliphatic hydroxyl groups is 4. The second kappa shape index (κ2) is 10.7. The lowest BCUT2D eigenvalue weighted by Gasteiger charge is -2.41. The maximum absolute atomic E-state index is 15.0. The molecule has 4 N–H and O–H groups in total. The van der Waals surface area contributed by atoms with Crippen LogP contribution in [0.1, 0.15) is 31.9 Å². The van der Waals surface area contributed by atoms with E-state index in [1.165, 1.54) is 26.2 Å². The first-order chi connectivity index (χ1) is 15.6. The lowest BCUT2D eigenvalue weighted by Crippen LogP contribution is -2.61. The molecule has 0 aliphatic carbocycles. The molecule has 0 bridgehead atoms. The van der Waals surface area contributed by atoms with Crippen LogP contribution in [-0.2, 0) is 11.2 Å². The molecule has 33 heavy (non-hydrogen) atoms. The van der Waals surface area contributed by atoms with Gasteiger partial charge in [-0.2, -0.15) is 0 Å². The summed E-state index contributed by atoms with van der Waals surface area (Å²) < 4.78 is 37.1. The van der Waals surface area contributed by atoms with Gasteiger partial charge in [-0.1, -0.05) is 12.1 Å². The molecule has 1 aliphatic rings. The van der Waals surface area contributed by atoms with Gasteiger partial charge in [0.1, 0.15) is 47.5 Å². The minimum atomic E-state index is -1.63. The van der Waals surface area contributed by atoms with Crippen molar-refractivity contribution in [1.29, 1.82) is 0 Å². The molecule has 2 aromatic carbocycles. The summed E-state index contributed by atoms with van der Waals surface area (Å²) in [6.07, 6.45) is -8.43. The highest BCUT2D eigenvalue weighted by Crippen LogP contribution is 2.33. The molecule has 1 aliphatic heterocycles. The fraction of sp³-hybridized carbons (Fsp3) is 0.500. The lowest BCUT2D eigenvalue weighted by molar-refractivity contribution is -0.286. The average Bonchev–Trinajstić information content (AvgIpc) is 2.76. The largest absolute Gasteiger partial charge is 0.497 e. The van der Waals surface area contributed by atoms with Gasteiger partial charge in [0, 0.05) is 24.1 Å². The molecule has 0 spiro atoms. The molecular weight excluding hydrogens is 435 g/mol. The maximum atomic E-state index is 15.0. The van der Waals surface area contributed by atoms with E-state index in [4.69, 9.17) is 18.9 Å². The van der Waals surface area contributed by atoms with Crippen LogP contribution in [0.2, 0.25) is 0 Å². The van der Waals surface area contributed by atoms with Crippen molar-refractivity contribution in [2.24, 2.45) is 0 Å². The van der Waals surface area contributed by atoms with Crippen LogP contribution in [-0.4, -0.2) is 70.4 Å². The first kappa shape index (κ1) is 25.2. The zero-order valence-corrected chi connectivity index (χ0v) is 19.0. The number of rotatable bonds is 8. The quantitative estimate of drug-likeness (QED) is 0.465. The Morgan fingerprint density at radius 2 is 1.64 bits per heavy atom. The SMILES string of the molecule is COc1cc(F)c(Cc2ccc(OC(C)C)cc2)c(O[C@@H]2OC([C@@H](C)O)[C@@H](O)[C@H](O)[C@H]2O)c1. The number of aliphatic hydroxyl groups excluding tert-OH is 4. The molecule has 8 nitrogen and oxygen atoms in total. The van der Waals surface area contributed by atoms with Crippen LogP contribution in [0.25, 0.3) is 0 Å². The summed E-state index contributed by atoms with van der Waals surface area (Å²) >= 11 is 0. The van der Waals surface area contributed by atoms with E-state index in [0.717, 1.165) is 5.56 Å². The topological polar surface area (TPSA) is 118 Å². The molecule has 0 saturated carbocycles. The van der Waals surface area contributed by atoms with Crippen molar-refractivity contribution in [2.45, 2.75) is 70.1 Å². The van der Waals surface area contributed by atoms with E-state index < -0.39 is 42.6 Å². The van der Waals surface area contributed by atoms with Gasteiger partial charge in [-0.15, -0.1) is 0 Å². The van der Waals surface area contributed by atoms with E-state index >= 15 is 4.39 Å². The van der Waals surface area contributed by atoms with Crippen LogP contribution in [0.5, 0.6) is 17.2 Å². The van der Waals surface area contributed by atoms with Crippen molar-refractivity contribution in [1.82, 2.24) is 0 Å². The first-order valence-electron chi connectivity index (χ1n) is 10.8. The Morgan fingerprint density at radius 3 is 2.21 bits per heavy atom. The average molecular weight is 467 g/mol. The van der Waals surface area contributed by atoms with E-state index in [1.807, 2.05) is 13.8 Å². The zero-order chi connectivity index (χ0) is 24.3. The van der Waals surface area contributed by atoms with Gasteiger partial charge in [-0.3, -0.25) is 0 Å². The second-order valence-corrected chi connectivity index (χ2v) is 8.37. The summed E-state index contributed by atoms with van der Waals surface area (Å²) in [5.74, 6) is 0.317. The Labute approximate surface area is 192 Å². The number of hydrogen-bond donors (Lipinski definition) is 4. The molecule has 1 unspecified atom stereocenters. The molecule has 0 radical (unpaired) electrons. The molecule has 182 valence electrons.